The lowest BCUT2D eigenvalue weighted by molar-refractivity contribution is 0.396. The van der Waals surface area contributed by atoms with Crippen molar-refractivity contribution in [2.24, 2.45) is 0 Å². The van der Waals surface area contributed by atoms with Gasteiger partial charge in [-0.2, -0.15) is 0 Å². The van der Waals surface area contributed by atoms with E-state index in [1.54, 1.807) is 0 Å². The highest BCUT2D eigenvalue weighted by Gasteiger charge is 1.98. The summed E-state index contributed by atoms with van der Waals surface area (Å²) in [7, 11) is 4.10. The van der Waals surface area contributed by atoms with E-state index in [1.807, 2.05) is 0 Å². The minimum atomic E-state index is 0.918. The maximum atomic E-state index is 4.47. The van der Waals surface area contributed by atoms with E-state index in [2.05, 4.69) is 50.0 Å². The van der Waals surface area contributed by atoms with Gasteiger partial charge in [-0.15, -0.1) is 0 Å². The Bertz CT molecular complexity index is 267. The average Bonchev–Trinajstić information content (AvgIpc) is 1.96. The lowest BCUT2D eigenvalue weighted by Gasteiger charge is -2.09. The second-order valence-corrected chi connectivity index (χ2v) is 3.44. The van der Waals surface area contributed by atoms with Crippen LogP contribution in [0.3, 0.4) is 0 Å². The van der Waals surface area contributed by atoms with Crippen molar-refractivity contribution in [2.75, 3.05) is 14.1 Å². The third-order valence-electron chi connectivity index (χ3n) is 1.89. The van der Waals surface area contributed by atoms with Crippen LogP contribution >= 0.6 is 0 Å². The number of aryl methyl sites for hydroxylation is 2. The average molecular weight is 164 g/mol. The first-order valence-corrected chi connectivity index (χ1v) is 4.17. The zero-order valence-corrected chi connectivity index (χ0v) is 8.26. The summed E-state index contributed by atoms with van der Waals surface area (Å²) in [6.45, 7) is 5.05. The van der Waals surface area contributed by atoms with Gasteiger partial charge in [-0.25, -0.2) is 0 Å². The van der Waals surface area contributed by atoms with Crippen molar-refractivity contribution >= 4 is 0 Å². The maximum absolute atomic E-state index is 4.47. The molecular formula is C10H16N2. The highest BCUT2D eigenvalue weighted by molar-refractivity contribution is 5.20. The summed E-state index contributed by atoms with van der Waals surface area (Å²) in [6, 6.07) is 4.21. The van der Waals surface area contributed by atoms with Crippen LogP contribution in [-0.2, 0) is 6.54 Å². The fourth-order valence-electron chi connectivity index (χ4n) is 1.09. The molecule has 2 heteroatoms. The number of hydrogen-bond donors (Lipinski definition) is 0. The lowest BCUT2D eigenvalue weighted by atomic mass is 10.2. The number of aromatic nitrogens is 1. The second-order valence-electron chi connectivity index (χ2n) is 3.44. The number of hydrogen-bond acceptors (Lipinski definition) is 2. The molecule has 0 aromatic carbocycles. The molecular weight excluding hydrogens is 148 g/mol. The van der Waals surface area contributed by atoms with E-state index in [0.717, 1.165) is 17.9 Å². The molecule has 0 aliphatic carbocycles. The van der Waals surface area contributed by atoms with Crippen LogP contribution in [0.2, 0.25) is 0 Å². The van der Waals surface area contributed by atoms with Crippen molar-refractivity contribution in [1.82, 2.24) is 9.88 Å². The Morgan fingerprint density at radius 1 is 1.25 bits per heavy atom. The molecule has 66 valence electrons. The topological polar surface area (TPSA) is 16.1 Å². The van der Waals surface area contributed by atoms with Gasteiger partial charge >= 0.3 is 0 Å². The molecule has 2 nitrogen and oxygen atoms in total. The molecule has 0 radical (unpaired) electrons. The third-order valence-corrected chi connectivity index (χ3v) is 1.89. The van der Waals surface area contributed by atoms with Gasteiger partial charge in [0.2, 0.25) is 0 Å². The fourth-order valence-corrected chi connectivity index (χ4v) is 1.09. The van der Waals surface area contributed by atoms with Crippen molar-refractivity contribution in [3.05, 3.63) is 29.1 Å². The predicted octanol–water partition coefficient (Wildman–Crippen LogP) is 1.76. The SMILES string of the molecule is Cc1ccc(CN(C)C)nc1C. The van der Waals surface area contributed by atoms with Crippen molar-refractivity contribution in [3.63, 3.8) is 0 Å². The summed E-state index contributed by atoms with van der Waals surface area (Å²) in [4.78, 5) is 6.59. The molecule has 0 fully saturated rings. The molecule has 1 rings (SSSR count). The first kappa shape index (κ1) is 9.20. The number of nitrogens with zero attached hydrogens (tertiary/aromatic N) is 2. The van der Waals surface area contributed by atoms with Crippen LogP contribution in [0.4, 0.5) is 0 Å². The zero-order chi connectivity index (χ0) is 9.14. The van der Waals surface area contributed by atoms with Gasteiger partial charge < -0.3 is 4.90 Å². The van der Waals surface area contributed by atoms with Crippen LogP contribution in [0.1, 0.15) is 17.0 Å². The van der Waals surface area contributed by atoms with E-state index >= 15 is 0 Å². The van der Waals surface area contributed by atoms with Crippen molar-refractivity contribution < 1.29 is 0 Å². The summed E-state index contributed by atoms with van der Waals surface area (Å²) in [5.41, 5.74) is 3.54. The summed E-state index contributed by atoms with van der Waals surface area (Å²) in [5, 5.41) is 0. The van der Waals surface area contributed by atoms with E-state index in [0.29, 0.717) is 0 Å². The largest absolute Gasteiger partial charge is 0.304 e. The normalized spacial score (nSPS) is 10.8. The molecule has 0 unspecified atom stereocenters. The molecule has 0 saturated heterocycles. The van der Waals surface area contributed by atoms with Crippen LogP contribution in [-0.4, -0.2) is 24.0 Å². The fraction of sp³-hybridized carbons (Fsp3) is 0.500. The van der Waals surface area contributed by atoms with Crippen molar-refractivity contribution in [1.29, 1.82) is 0 Å². The highest BCUT2D eigenvalue weighted by Crippen LogP contribution is 2.05. The van der Waals surface area contributed by atoms with Crippen molar-refractivity contribution in [2.45, 2.75) is 20.4 Å². The number of pyridine rings is 1. The summed E-state index contributed by atoms with van der Waals surface area (Å²) in [5.74, 6) is 0. The Hall–Kier alpha value is -0.890. The molecule has 0 spiro atoms. The van der Waals surface area contributed by atoms with Gasteiger partial charge in [-0.3, -0.25) is 4.98 Å². The van der Waals surface area contributed by atoms with E-state index in [1.165, 1.54) is 5.56 Å². The number of rotatable bonds is 2. The summed E-state index contributed by atoms with van der Waals surface area (Å²) >= 11 is 0. The van der Waals surface area contributed by atoms with Gasteiger partial charge in [0.25, 0.3) is 0 Å². The van der Waals surface area contributed by atoms with E-state index in [4.69, 9.17) is 0 Å². The lowest BCUT2D eigenvalue weighted by Crippen LogP contribution is -2.12. The molecule has 0 amide bonds. The second kappa shape index (κ2) is 3.68. The van der Waals surface area contributed by atoms with E-state index < -0.39 is 0 Å². The van der Waals surface area contributed by atoms with Crippen LogP contribution in [0.25, 0.3) is 0 Å². The van der Waals surface area contributed by atoms with Gasteiger partial charge in [0.15, 0.2) is 0 Å². The molecule has 0 atom stereocenters. The Balaban J connectivity index is 2.82. The predicted molar refractivity (Wildman–Crippen MR) is 51.1 cm³/mol. The van der Waals surface area contributed by atoms with E-state index in [9.17, 15) is 0 Å². The van der Waals surface area contributed by atoms with Gasteiger partial charge in [0.05, 0.1) is 5.69 Å². The quantitative estimate of drug-likeness (QED) is 0.662. The molecule has 0 saturated carbocycles. The molecule has 0 bridgehead atoms. The first-order valence-electron chi connectivity index (χ1n) is 4.17. The molecule has 1 aromatic rings. The molecule has 0 aliphatic heterocycles. The molecule has 12 heavy (non-hydrogen) atoms. The maximum Gasteiger partial charge on any atom is 0.0547 e. The smallest absolute Gasteiger partial charge is 0.0547 e. The molecule has 1 aromatic heterocycles. The highest BCUT2D eigenvalue weighted by atomic mass is 15.1. The minimum absolute atomic E-state index is 0.918. The molecule has 1 heterocycles. The van der Waals surface area contributed by atoms with Crippen LogP contribution < -0.4 is 0 Å². The third kappa shape index (κ3) is 2.31. The monoisotopic (exact) mass is 164 g/mol. The summed E-state index contributed by atoms with van der Waals surface area (Å²) in [6.07, 6.45) is 0. The molecule has 0 aliphatic rings. The van der Waals surface area contributed by atoms with Gasteiger partial charge in [0.1, 0.15) is 0 Å². The van der Waals surface area contributed by atoms with Gasteiger partial charge in [-0.05, 0) is 39.6 Å². The Morgan fingerprint density at radius 3 is 2.42 bits per heavy atom. The van der Waals surface area contributed by atoms with Crippen LogP contribution in [0.5, 0.6) is 0 Å². The first-order chi connectivity index (χ1) is 5.59. The van der Waals surface area contributed by atoms with Crippen LogP contribution in [0.15, 0.2) is 12.1 Å². The zero-order valence-electron chi connectivity index (χ0n) is 8.26. The Kier molecular flexibility index (Phi) is 2.82. The standard InChI is InChI=1S/C10H16N2/c1-8-5-6-10(7-12(3)4)11-9(8)2/h5-6H,7H2,1-4H3. The van der Waals surface area contributed by atoms with Gasteiger partial charge in [-0.1, -0.05) is 6.07 Å². The minimum Gasteiger partial charge on any atom is -0.304 e. The van der Waals surface area contributed by atoms with Crippen LogP contribution in [0, 0.1) is 13.8 Å². The van der Waals surface area contributed by atoms with Gasteiger partial charge in [0, 0.05) is 12.2 Å². The summed E-state index contributed by atoms with van der Waals surface area (Å²) < 4.78 is 0. The Labute approximate surface area is 74.2 Å². The Morgan fingerprint density at radius 2 is 1.92 bits per heavy atom. The van der Waals surface area contributed by atoms with E-state index in [-0.39, 0.29) is 0 Å². The molecule has 0 N–H and O–H groups in total. The van der Waals surface area contributed by atoms with Crippen molar-refractivity contribution in [3.8, 4) is 0 Å².